The first kappa shape index (κ1) is 59.3. The lowest BCUT2D eigenvalue weighted by Crippen LogP contribution is -2.74. The number of alkyl halides is 17. The Balaban J connectivity index is 2.33. The summed E-state index contributed by atoms with van der Waals surface area (Å²) in [7, 11) is -1.38. The van der Waals surface area contributed by atoms with Gasteiger partial charge >= 0.3 is 59.7 Å². The van der Waals surface area contributed by atoms with Crippen molar-refractivity contribution in [3.63, 3.8) is 0 Å². The highest BCUT2D eigenvalue weighted by molar-refractivity contribution is 6.76. The Morgan fingerprint density at radius 3 is 1.62 bits per heavy atom. The average molecular weight is 1030 g/mol. The molecule has 2 aromatic rings. The molecule has 0 radical (unpaired) electrons. The summed E-state index contributed by atoms with van der Waals surface area (Å²) in [6, 6.07) is 10.2. The number of ether oxygens (including phenoxy) is 5. The number of methoxy groups -OCH3 is 2. The molecule has 2 rings (SSSR count). The third-order valence-corrected chi connectivity index (χ3v) is 16.1. The quantitative estimate of drug-likeness (QED) is 0.0248. The number of halogens is 17. The molecule has 386 valence electrons. The number of carbonyl (C=O) groups is 2. The van der Waals surface area contributed by atoms with Gasteiger partial charge in [-0.05, 0) is 65.2 Å². The van der Waals surface area contributed by atoms with Gasteiger partial charge in [-0.25, -0.2) is 9.59 Å². The van der Waals surface area contributed by atoms with E-state index < -0.39 is 117 Å². The Labute approximate surface area is 379 Å². The molecule has 27 heteroatoms. The van der Waals surface area contributed by atoms with Crippen LogP contribution in [0, 0.1) is 0 Å². The van der Waals surface area contributed by atoms with Crippen LogP contribution in [-0.4, -0.2) is 108 Å². The number of hydrogen-bond acceptors (Lipinski definition) is 8. The van der Waals surface area contributed by atoms with Crippen LogP contribution >= 0.6 is 0 Å². The van der Waals surface area contributed by atoms with Gasteiger partial charge in [0.2, 0.25) is 0 Å². The molecule has 0 aromatic heterocycles. The van der Waals surface area contributed by atoms with Crippen molar-refractivity contribution < 1.29 is 112 Å². The molecule has 0 spiro atoms. The zero-order chi connectivity index (χ0) is 52.5. The summed E-state index contributed by atoms with van der Waals surface area (Å²) in [6.45, 7) is 7.49. The van der Waals surface area contributed by atoms with Crippen molar-refractivity contribution in [1.82, 2.24) is 0 Å². The summed E-state index contributed by atoms with van der Waals surface area (Å²) in [5.74, 6) is -57.2. The predicted octanol–water partition coefficient (Wildman–Crippen LogP) is 12.8. The van der Waals surface area contributed by atoms with Crippen LogP contribution in [0.4, 0.5) is 85.1 Å². The molecule has 0 bridgehead atoms. The summed E-state index contributed by atoms with van der Waals surface area (Å²) in [6.07, 6.45) is -10.2. The summed E-state index contributed by atoms with van der Waals surface area (Å²) in [5, 5.41) is 2.51. The van der Waals surface area contributed by atoms with E-state index in [4.69, 9.17) is 28.1 Å². The number of amides is 1. The Morgan fingerprint density at radius 1 is 0.676 bits per heavy atom. The minimum absolute atomic E-state index is 0.0577. The largest absolute Gasteiger partial charge is 0.497 e. The van der Waals surface area contributed by atoms with E-state index in [1.54, 1.807) is 12.1 Å². The van der Waals surface area contributed by atoms with Gasteiger partial charge < -0.3 is 28.1 Å². The maximum atomic E-state index is 15.0. The van der Waals surface area contributed by atoms with E-state index in [1.807, 2.05) is 0 Å². The van der Waals surface area contributed by atoms with Gasteiger partial charge in [0.25, 0.3) is 0 Å². The van der Waals surface area contributed by atoms with E-state index in [1.165, 1.54) is 90.5 Å². The van der Waals surface area contributed by atoms with Crippen LogP contribution in [0.15, 0.2) is 73.3 Å². The van der Waals surface area contributed by atoms with Crippen LogP contribution < -0.4 is 14.8 Å². The number of anilines is 1. The fourth-order valence-electron chi connectivity index (χ4n) is 6.43. The minimum atomic E-state index is -8.71. The van der Waals surface area contributed by atoms with E-state index in [2.05, 4.69) is 11.9 Å². The second-order valence-corrected chi connectivity index (χ2v) is 20.3. The lowest BCUT2D eigenvalue weighted by Gasteiger charge is -2.44. The normalized spacial score (nSPS) is 14.8. The first-order valence-corrected chi connectivity index (χ1v) is 21.9. The van der Waals surface area contributed by atoms with E-state index in [-0.39, 0.29) is 17.9 Å². The fourth-order valence-corrected chi connectivity index (χ4v) is 10.9. The average Bonchev–Trinajstić information content (AvgIpc) is 3.24. The van der Waals surface area contributed by atoms with Crippen LogP contribution in [0.3, 0.4) is 0 Å². The molecule has 68 heavy (non-hydrogen) atoms. The van der Waals surface area contributed by atoms with E-state index in [0.29, 0.717) is 11.4 Å². The highest BCUT2D eigenvalue weighted by atomic mass is 28.4. The second-order valence-electron chi connectivity index (χ2n) is 15.3. The Hall–Kier alpha value is -4.79. The third-order valence-electron chi connectivity index (χ3n) is 10.4. The van der Waals surface area contributed by atoms with Crippen molar-refractivity contribution in [3.05, 3.63) is 78.9 Å². The topological polar surface area (TPSA) is 102 Å². The number of hydrogen-bond donors (Lipinski definition) is 1. The SMILES string of the molecule is C=CCOC(=O)/C=C/[C@@H](OC)[C@H](OC(=O)Nc1ccc(OC)cc1)c1ccc(OCCO[Si](CCC(F)(F)C(F)(F)C(F)(F)C(F)(F)C(F)(F)C(F)(F)C(F)(F)C(F)(F)F)(C(C)C)C(C)C)cc1. The Kier molecular flexibility index (Phi) is 19.5. The molecule has 0 fully saturated rings. The van der Waals surface area contributed by atoms with Crippen molar-refractivity contribution in [2.75, 3.05) is 39.4 Å². The van der Waals surface area contributed by atoms with E-state index >= 15 is 8.78 Å². The molecular formula is C41H46F17NO8Si. The van der Waals surface area contributed by atoms with Crippen molar-refractivity contribution in [2.24, 2.45) is 0 Å². The lowest BCUT2D eigenvalue weighted by atomic mass is 9.88. The molecule has 2 atom stereocenters. The molecular weight excluding hydrogens is 986 g/mol. The Morgan fingerprint density at radius 2 is 1.16 bits per heavy atom. The smallest absolute Gasteiger partial charge is 0.460 e. The van der Waals surface area contributed by atoms with Crippen molar-refractivity contribution in [3.8, 4) is 11.5 Å². The number of nitrogens with one attached hydrogen (secondary N) is 1. The van der Waals surface area contributed by atoms with Gasteiger partial charge in [-0.3, -0.25) is 5.32 Å². The van der Waals surface area contributed by atoms with Gasteiger partial charge in [-0.15, -0.1) is 0 Å². The molecule has 1 amide bonds. The predicted molar refractivity (Wildman–Crippen MR) is 211 cm³/mol. The molecule has 9 nitrogen and oxygen atoms in total. The molecule has 2 aromatic carbocycles. The Bertz CT molecular complexity index is 1990. The molecule has 0 unspecified atom stereocenters. The summed E-state index contributed by atoms with van der Waals surface area (Å²) in [5.41, 5.74) is -1.27. The third kappa shape index (κ3) is 12.3. The zero-order valence-electron chi connectivity index (χ0n) is 36.6. The number of benzene rings is 2. The standard InChI is InChI=1S/C41H46F17NO8Si/c1-8-20-65-31(60)18-17-30(63-7)32(67-33(61)59-27-11-15-28(62-6)16-12-27)26-9-13-29(14-10-26)64-21-22-66-68(24(2)3,25(4)5)23-19-34(42,43)35(44,45)36(46,47)37(48,49)38(50,51)39(52,53)40(54,55)41(56,57)58/h8-18,24-25,30,32H,1,19-23H2,2-7H3,(H,59,61)/b18-17+/t30-,32-/m1/s1. The monoisotopic (exact) mass is 1030 g/mol. The first-order chi connectivity index (χ1) is 31.0. The van der Waals surface area contributed by atoms with Gasteiger partial charge in [-0.2, -0.15) is 74.6 Å². The van der Waals surface area contributed by atoms with E-state index in [9.17, 15) is 75.4 Å². The van der Waals surface area contributed by atoms with Gasteiger partial charge in [0.15, 0.2) is 14.4 Å². The van der Waals surface area contributed by atoms with Gasteiger partial charge in [-0.1, -0.05) is 52.5 Å². The highest BCUT2D eigenvalue weighted by Crippen LogP contribution is 2.64. The zero-order valence-corrected chi connectivity index (χ0v) is 37.6. The van der Waals surface area contributed by atoms with Crippen LogP contribution in [0.2, 0.25) is 17.1 Å². The molecule has 0 saturated carbocycles. The van der Waals surface area contributed by atoms with Crippen LogP contribution in [0.25, 0.3) is 0 Å². The summed E-state index contributed by atoms with van der Waals surface area (Å²) in [4.78, 5) is 25.1. The minimum Gasteiger partial charge on any atom is -0.497 e. The van der Waals surface area contributed by atoms with Gasteiger partial charge in [0.1, 0.15) is 30.8 Å². The summed E-state index contributed by atoms with van der Waals surface area (Å²) >= 11 is 0. The van der Waals surface area contributed by atoms with Crippen molar-refractivity contribution in [1.29, 1.82) is 0 Å². The molecule has 0 aliphatic heterocycles. The molecule has 0 heterocycles. The molecule has 1 N–H and O–H groups in total. The van der Waals surface area contributed by atoms with Crippen molar-refractivity contribution in [2.45, 2.75) is 111 Å². The number of carbonyl (C=O) groups excluding carboxylic acids is 2. The van der Waals surface area contributed by atoms with Crippen LogP contribution in [0.5, 0.6) is 11.5 Å². The lowest BCUT2D eigenvalue weighted by molar-refractivity contribution is -0.461. The molecule has 0 aliphatic rings. The molecule has 0 aliphatic carbocycles. The summed E-state index contributed by atoms with van der Waals surface area (Å²) < 4.78 is 269. The number of rotatable bonds is 26. The maximum Gasteiger partial charge on any atom is 0.460 e. The fraction of sp³-hybridized carbons (Fsp3) is 0.561. The first-order valence-electron chi connectivity index (χ1n) is 19.7. The molecule has 0 saturated heterocycles. The second kappa shape index (κ2) is 22.3. The maximum absolute atomic E-state index is 15.0. The number of esters is 1. The van der Waals surface area contributed by atoms with Crippen LogP contribution in [-0.2, 0) is 23.4 Å². The highest BCUT2D eigenvalue weighted by Gasteiger charge is 2.95. The van der Waals surface area contributed by atoms with Gasteiger partial charge in [0, 0.05) is 25.3 Å². The van der Waals surface area contributed by atoms with Gasteiger partial charge in [0.05, 0.1) is 13.7 Å². The van der Waals surface area contributed by atoms with Crippen molar-refractivity contribution >= 4 is 26.1 Å². The van der Waals surface area contributed by atoms with Crippen LogP contribution in [0.1, 0.15) is 45.8 Å². The van der Waals surface area contributed by atoms with E-state index in [0.717, 1.165) is 6.08 Å².